The minimum atomic E-state index is -3.53. The van der Waals surface area contributed by atoms with Crippen molar-refractivity contribution in [3.8, 4) is 0 Å². The van der Waals surface area contributed by atoms with Crippen molar-refractivity contribution in [1.29, 1.82) is 0 Å². The van der Waals surface area contributed by atoms with Gasteiger partial charge in [0.15, 0.2) is 0 Å². The highest BCUT2D eigenvalue weighted by Crippen LogP contribution is 2.25. The molecule has 0 radical (unpaired) electrons. The van der Waals surface area contributed by atoms with Crippen LogP contribution in [0.1, 0.15) is 13.3 Å². The van der Waals surface area contributed by atoms with E-state index in [-0.39, 0.29) is 16.6 Å². The van der Waals surface area contributed by atoms with Crippen LogP contribution in [0.5, 0.6) is 0 Å². The zero-order chi connectivity index (χ0) is 14.6. The molecule has 1 unspecified atom stereocenters. The first-order valence-corrected chi connectivity index (χ1v) is 9.07. The number of hydrogen-bond acceptors (Lipinski definition) is 4. The van der Waals surface area contributed by atoms with E-state index in [2.05, 4.69) is 0 Å². The number of rotatable bonds is 6. The van der Waals surface area contributed by atoms with Gasteiger partial charge in [0.2, 0.25) is 10.0 Å². The Morgan fingerprint density at radius 3 is 2.58 bits per heavy atom. The van der Waals surface area contributed by atoms with E-state index in [9.17, 15) is 8.42 Å². The molecule has 0 aliphatic carbocycles. The highest BCUT2D eigenvalue weighted by atomic mass is 35.5. The lowest BCUT2D eigenvalue weighted by molar-refractivity contribution is 0.385. The number of nitrogen functional groups attached to an aromatic ring is 1. The second-order valence-electron chi connectivity index (χ2n) is 4.22. The summed E-state index contributed by atoms with van der Waals surface area (Å²) in [4.78, 5) is 0.177. The van der Waals surface area contributed by atoms with Gasteiger partial charge >= 0.3 is 0 Å². The van der Waals surface area contributed by atoms with E-state index in [1.165, 1.54) is 22.5 Å². The third kappa shape index (κ3) is 3.78. The Balaban J connectivity index is 3.11. The maximum Gasteiger partial charge on any atom is 0.243 e. The molecule has 0 saturated carbocycles. The Hall–Kier alpha value is -0.430. The van der Waals surface area contributed by atoms with Crippen LogP contribution in [-0.2, 0) is 10.0 Å². The fraction of sp³-hybridized carbons (Fsp3) is 0.500. The Labute approximate surface area is 124 Å². The van der Waals surface area contributed by atoms with Gasteiger partial charge in [-0.1, -0.05) is 18.5 Å². The number of halogens is 1. The molecule has 1 rings (SSSR count). The summed E-state index contributed by atoms with van der Waals surface area (Å²) in [6.45, 7) is 1.98. The molecule has 0 saturated heterocycles. The van der Waals surface area contributed by atoms with Crippen molar-refractivity contribution >= 4 is 39.1 Å². The van der Waals surface area contributed by atoms with Crippen LogP contribution in [0.25, 0.3) is 0 Å². The molecule has 0 aliphatic rings. The van der Waals surface area contributed by atoms with Crippen LogP contribution in [-0.4, -0.2) is 37.8 Å². The Morgan fingerprint density at radius 2 is 2.11 bits per heavy atom. The van der Waals surface area contributed by atoms with Crippen LogP contribution in [0.2, 0.25) is 5.02 Å². The fourth-order valence-corrected chi connectivity index (χ4v) is 4.24. The van der Waals surface area contributed by atoms with Gasteiger partial charge in [-0.05, 0) is 30.9 Å². The molecular weight excluding hydrogens is 304 g/mol. The topological polar surface area (TPSA) is 63.4 Å². The lowest BCUT2D eigenvalue weighted by Gasteiger charge is -2.26. The fourth-order valence-electron chi connectivity index (χ4n) is 1.72. The highest BCUT2D eigenvalue weighted by molar-refractivity contribution is 7.98. The third-order valence-corrected chi connectivity index (χ3v) is 5.96. The molecule has 0 fully saturated rings. The van der Waals surface area contributed by atoms with E-state index in [1.807, 2.05) is 13.2 Å². The summed E-state index contributed by atoms with van der Waals surface area (Å²) in [6.07, 6.45) is 2.73. The molecule has 0 aliphatic heterocycles. The molecule has 19 heavy (non-hydrogen) atoms. The average molecular weight is 323 g/mol. The Morgan fingerprint density at radius 1 is 1.47 bits per heavy atom. The second-order valence-corrected chi connectivity index (χ2v) is 7.54. The van der Waals surface area contributed by atoms with Crippen LogP contribution >= 0.6 is 23.4 Å². The zero-order valence-electron chi connectivity index (χ0n) is 11.3. The van der Waals surface area contributed by atoms with E-state index < -0.39 is 10.0 Å². The smallest absolute Gasteiger partial charge is 0.243 e. The molecular formula is C12H19ClN2O2S2. The van der Waals surface area contributed by atoms with Crippen LogP contribution in [0.3, 0.4) is 0 Å². The van der Waals surface area contributed by atoms with Gasteiger partial charge < -0.3 is 5.73 Å². The van der Waals surface area contributed by atoms with Gasteiger partial charge in [-0.15, -0.1) is 0 Å². The molecule has 0 heterocycles. The molecule has 1 aromatic rings. The molecule has 2 N–H and O–H groups in total. The lowest BCUT2D eigenvalue weighted by Crippen LogP contribution is -2.38. The SMILES string of the molecule is CCC(CSC)N(C)S(=O)(=O)c1ccc(Cl)c(N)c1. The molecule has 4 nitrogen and oxygen atoms in total. The summed E-state index contributed by atoms with van der Waals surface area (Å²) in [5, 5.41) is 0.359. The maximum absolute atomic E-state index is 12.5. The molecule has 7 heteroatoms. The molecule has 108 valence electrons. The molecule has 0 amide bonds. The van der Waals surface area contributed by atoms with Crippen LogP contribution in [0.15, 0.2) is 23.1 Å². The van der Waals surface area contributed by atoms with Gasteiger partial charge in [0.25, 0.3) is 0 Å². The monoisotopic (exact) mass is 322 g/mol. The number of anilines is 1. The van der Waals surface area contributed by atoms with Crippen molar-refractivity contribution in [3.63, 3.8) is 0 Å². The van der Waals surface area contributed by atoms with Crippen molar-refractivity contribution in [3.05, 3.63) is 23.2 Å². The lowest BCUT2D eigenvalue weighted by atomic mass is 10.3. The van der Waals surface area contributed by atoms with Crippen molar-refractivity contribution in [1.82, 2.24) is 4.31 Å². The van der Waals surface area contributed by atoms with Crippen LogP contribution in [0.4, 0.5) is 5.69 Å². The predicted octanol–water partition coefficient (Wildman–Crippen LogP) is 2.68. The molecule has 0 bridgehead atoms. The van der Waals surface area contributed by atoms with Gasteiger partial charge in [0, 0.05) is 18.8 Å². The number of nitrogens with two attached hydrogens (primary N) is 1. The summed E-state index contributed by atoms with van der Waals surface area (Å²) in [5.74, 6) is 0.759. The molecule has 1 aromatic carbocycles. The van der Waals surface area contributed by atoms with E-state index in [0.29, 0.717) is 5.02 Å². The van der Waals surface area contributed by atoms with E-state index in [0.717, 1.165) is 12.2 Å². The third-order valence-electron chi connectivity index (χ3n) is 2.99. The quantitative estimate of drug-likeness (QED) is 0.818. The van der Waals surface area contributed by atoms with Gasteiger partial charge in [0.05, 0.1) is 15.6 Å². The minimum absolute atomic E-state index is 0.0306. The standard InChI is InChI=1S/C12H19ClN2O2S2/c1-4-9(8-18-3)15(2)19(16,17)10-5-6-11(13)12(14)7-10/h5-7,9H,4,8,14H2,1-3H3. The number of sulfonamides is 1. The Kier molecular flexibility index (Phi) is 5.98. The second kappa shape index (κ2) is 6.83. The normalized spacial score (nSPS) is 13.7. The number of thioether (sulfide) groups is 1. The van der Waals surface area contributed by atoms with Crippen molar-refractivity contribution in [2.75, 3.05) is 24.8 Å². The zero-order valence-corrected chi connectivity index (χ0v) is 13.6. The van der Waals surface area contributed by atoms with E-state index in [1.54, 1.807) is 18.8 Å². The first-order chi connectivity index (χ1) is 8.84. The summed E-state index contributed by atoms with van der Waals surface area (Å²) in [5.41, 5.74) is 5.94. The number of benzene rings is 1. The summed E-state index contributed by atoms with van der Waals surface area (Å²) in [7, 11) is -1.93. The maximum atomic E-state index is 12.5. The van der Waals surface area contributed by atoms with Crippen LogP contribution < -0.4 is 5.73 Å². The highest BCUT2D eigenvalue weighted by Gasteiger charge is 2.27. The first kappa shape index (κ1) is 16.6. The Bertz CT molecular complexity index is 535. The summed E-state index contributed by atoms with van der Waals surface area (Å²) in [6, 6.07) is 4.36. The van der Waals surface area contributed by atoms with Gasteiger partial charge in [0.1, 0.15) is 0 Å². The number of hydrogen-bond donors (Lipinski definition) is 1. The molecule has 0 aromatic heterocycles. The van der Waals surface area contributed by atoms with E-state index in [4.69, 9.17) is 17.3 Å². The van der Waals surface area contributed by atoms with Crippen LogP contribution in [0, 0.1) is 0 Å². The van der Waals surface area contributed by atoms with Gasteiger partial charge in [-0.25, -0.2) is 8.42 Å². The van der Waals surface area contributed by atoms with E-state index >= 15 is 0 Å². The number of nitrogens with zero attached hydrogens (tertiary/aromatic N) is 1. The first-order valence-electron chi connectivity index (χ1n) is 5.86. The van der Waals surface area contributed by atoms with Crippen molar-refractivity contribution in [2.45, 2.75) is 24.3 Å². The predicted molar refractivity (Wildman–Crippen MR) is 83.3 cm³/mol. The molecule has 0 spiro atoms. The van der Waals surface area contributed by atoms with Crippen molar-refractivity contribution < 1.29 is 8.42 Å². The summed E-state index contributed by atoms with van der Waals surface area (Å²) >= 11 is 7.44. The van der Waals surface area contributed by atoms with Crippen molar-refractivity contribution in [2.24, 2.45) is 0 Å². The largest absolute Gasteiger partial charge is 0.397 e. The molecule has 1 atom stereocenters. The van der Waals surface area contributed by atoms with Gasteiger partial charge in [-0.2, -0.15) is 16.1 Å². The van der Waals surface area contributed by atoms with Gasteiger partial charge in [-0.3, -0.25) is 0 Å². The minimum Gasteiger partial charge on any atom is -0.397 e. The average Bonchev–Trinajstić information content (AvgIpc) is 2.38. The summed E-state index contributed by atoms with van der Waals surface area (Å²) < 4.78 is 26.4.